The lowest BCUT2D eigenvalue weighted by Crippen LogP contribution is -2.50. The van der Waals surface area contributed by atoms with Gasteiger partial charge < -0.3 is 15.3 Å². The van der Waals surface area contributed by atoms with E-state index >= 15 is 0 Å². The maximum absolute atomic E-state index is 12.1. The number of likely N-dealkylation sites (tertiary alicyclic amines) is 1. The molecule has 5 heteroatoms. The number of hydrogen-bond donors (Lipinski definition) is 2. The molecule has 1 heterocycles. The smallest absolute Gasteiger partial charge is 0.225 e. The van der Waals surface area contributed by atoms with Gasteiger partial charge in [-0.3, -0.25) is 9.59 Å². The largest absolute Gasteiger partial charge is 0.392 e. The summed E-state index contributed by atoms with van der Waals surface area (Å²) in [4.78, 5) is 25.6. The van der Waals surface area contributed by atoms with Gasteiger partial charge in [-0.1, -0.05) is 27.7 Å². The first kappa shape index (κ1) is 17.0. The van der Waals surface area contributed by atoms with Gasteiger partial charge in [-0.25, -0.2) is 0 Å². The van der Waals surface area contributed by atoms with Crippen LogP contribution in [0.5, 0.6) is 0 Å². The van der Waals surface area contributed by atoms with E-state index in [0.29, 0.717) is 6.54 Å². The Morgan fingerprint density at radius 3 is 2.50 bits per heavy atom. The SMILES string of the molecule is CC(C)C(=O)NC1CCCN(C(=O)CC(O)C(C)C)C1. The van der Waals surface area contributed by atoms with E-state index in [9.17, 15) is 14.7 Å². The molecule has 0 aliphatic carbocycles. The molecule has 2 atom stereocenters. The summed E-state index contributed by atoms with van der Waals surface area (Å²) in [6.45, 7) is 8.81. The van der Waals surface area contributed by atoms with Gasteiger partial charge in [0.05, 0.1) is 12.5 Å². The fourth-order valence-electron chi connectivity index (χ4n) is 2.23. The second kappa shape index (κ2) is 7.62. The number of carbonyl (C=O) groups excluding carboxylic acids is 2. The van der Waals surface area contributed by atoms with Crippen LogP contribution in [0.2, 0.25) is 0 Å². The topological polar surface area (TPSA) is 69.6 Å². The van der Waals surface area contributed by atoms with Crippen molar-refractivity contribution in [1.29, 1.82) is 0 Å². The molecule has 0 aromatic heterocycles. The monoisotopic (exact) mass is 284 g/mol. The highest BCUT2D eigenvalue weighted by Crippen LogP contribution is 2.14. The normalized spacial score (nSPS) is 21.1. The highest BCUT2D eigenvalue weighted by atomic mass is 16.3. The van der Waals surface area contributed by atoms with Gasteiger partial charge in [0.1, 0.15) is 0 Å². The Hall–Kier alpha value is -1.10. The maximum atomic E-state index is 12.1. The zero-order chi connectivity index (χ0) is 15.3. The van der Waals surface area contributed by atoms with Gasteiger partial charge in [0.15, 0.2) is 0 Å². The minimum absolute atomic E-state index is 0.0188. The average molecular weight is 284 g/mol. The van der Waals surface area contributed by atoms with Crippen molar-refractivity contribution in [3.05, 3.63) is 0 Å². The predicted octanol–water partition coefficient (Wildman–Crippen LogP) is 1.16. The number of nitrogens with one attached hydrogen (secondary N) is 1. The van der Waals surface area contributed by atoms with Gasteiger partial charge in [-0.15, -0.1) is 0 Å². The van der Waals surface area contributed by atoms with E-state index in [1.807, 2.05) is 27.7 Å². The van der Waals surface area contributed by atoms with E-state index in [1.165, 1.54) is 0 Å². The first-order valence-corrected chi connectivity index (χ1v) is 7.57. The fraction of sp³-hybridized carbons (Fsp3) is 0.867. The summed E-state index contributed by atoms with van der Waals surface area (Å²) in [5.74, 6) is 0.0604. The number of amides is 2. The van der Waals surface area contributed by atoms with Gasteiger partial charge in [-0.05, 0) is 18.8 Å². The van der Waals surface area contributed by atoms with Crippen molar-refractivity contribution in [2.45, 2.75) is 59.1 Å². The van der Waals surface area contributed by atoms with Crippen LogP contribution in [0.25, 0.3) is 0 Å². The summed E-state index contributed by atoms with van der Waals surface area (Å²) >= 11 is 0. The van der Waals surface area contributed by atoms with Crippen LogP contribution >= 0.6 is 0 Å². The second-order valence-corrected chi connectivity index (χ2v) is 6.36. The lowest BCUT2D eigenvalue weighted by Gasteiger charge is -2.34. The number of aliphatic hydroxyl groups excluding tert-OH is 1. The molecule has 0 aromatic rings. The minimum atomic E-state index is -0.590. The van der Waals surface area contributed by atoms with Crippen LogP contribution in [0, 0.1) is 11.8 Å². The molecule has 0 radical (unpaired) electrons. The van der Waals surface area contributed by atoms with Crippen LogP contribution in [-0.4, -0.2) is 47.1 Å². The summed E-state index contributed by atoms with van der Waals surface area (Å²) in [6.07, 6.45) is 1.39. The number of aliphatic hydroxyl groups is 1. The summed E-state index contributed by atoms with van der Waals surface area (Å²) in [5, 5.41) is 12.8. The standard InChI is InChI=1S/C15H28N2O3/c1-10(2)13(18)8-14(19)17-7-5-6-12(9-17)16-15(20)11(3)4/h10-13,18H,5-9H2,1-4H3,(H,16,20). The molecule has 5 nitrogen and oxygen atoms in total. The Labute approximate surface area is 121 Å². The molecule has 116 valence electrons. The van der Waals surface area contributed by atoms with E-state index < -0.39 is 6.10 Å². The first-order valence-electron chi connectivity index (χ1n) is 7.57. The Morgan fingerprint density at radius 2 is 1.95 bits per heavy atom. The molecular weight excluding hydrogens is 256 g/mol. The van der Waals surface area contributed by atoms with Crippen molar-refractivity contribution >= 4 is 11.8 Å². The average Bonchev–Trinajstić information content (AvgIpc) is 2.38. The van der Waals surface area contributed by atoms with Gasteiger partial charge in [-0.2, -0.15) is 0 Å². The summed E-state index contributed by atoms with van der Waals surface area (Å²) < 4.78 is 0. The molecule has 1 rings (SSSR count). The third kappa shape index (κ3) is 5.12. The van der Waals surface area contributed by atoms with E-state index in [1.54, 1.807) is 4.90 Å². The summed E-state index contributed by atoms with van der Waals surface area (Å²) in [7, 11) is 0. The molecule has 2 N–H and O–H groups in total. The molecule has 1 fully saturated rings. The van der Waals surface area contributed by atoms with Crippen molar-refractivity contribution in [2.75, 3.05) is 13.1 Å². The van der Waals surface area contributed by atoms with Crippen molar-refractivity contribution in [2.24, 2.45) is 11.8 Å². The Morgan fingerprint density at radius 1 is 1.30 bits per heavy atom. The van der Waals surface area contributed by atoms with E-state index in [4.69, 9.17) is 0 Å². The van der Waals surface area contributed by atoms with Crippen LogP contribution in [0.4, 0.5) is 0 Å². The Kier molecular flexibility index (Phi) is 6.46. The molecule has 2 amide bonds. The molecule has 1 aliphatic rings. The van der Waals surface area contributed by atoms with Crippen LogP contribution < -0.4 is 5.32 Å². The fourth-order valence-corrected chi connectivity index (χ4v) is 2.23. The second-order valence-electron chi connectivity index (χ2n) is 6.36. The number of piperidine rings is 1. The van der Waals surface area contributed by atoms with Crippen LogP contribution in [0.15, 0.2) is 0 Å². The van der Waals surface area contributed by atoms with Crippen molar-refractivity contribution < 1.29 is 14.7 Å². The molecule has 2 unspecified atom stereocenters. The highest BCUT2D eigenvalue weighted by Gasteiger charge is 2.26. The van der Waals surface area contributed by atoms with Crippen molar-refractivity contribution in [3.63, 3.8) is 0 Å². The van der Waals surface area contributed by atoms with E-state index in [2.05, 4.69) is 5.32 Å². The lowest BCUT2D eigenvalue weighted by atomic mass is 10.0. The number of hydrogen-bond acceptors (Lipinski definition) is 3. The van der Waals surface area contributed by atoms with Crippen molar-refractivity contribution in [1.82, 2.24) is 10.2 Å². The summed E-state index contributed by atoms with van der Waals surface area (Å²) in [5.41, 5.74) is 0. The lowest BCUT2D eigenvalue weighted by molar-refractivity contribution is -0.136. The molecule has 20 heavy (non-hydrogen) atoms. The molecule has 0 bridgehead atoms. The van der Waals surface area contributed by atoms with Crippen LogP contribution in [0.1, 0.15) is 47.0 Å². The number of carbonyl (C=O) groups is 2. The Balaban J connectivity index is 2.48. The number of rotatable bonds is 5. The van der Waals surface area contributed by atoms with E-state index in [0.717, 1.165) is 19.4 Å². The zero-order valence-corrected chi connectivity index (χ0v) is 13.1. The van der Waals surface area contributed by atoms with Gasteiger partial charge in [0, 0.05) is 25.0 Å². The van der Waals surface area contributed by atoms with Crippen molar-refractivity contribution in [3.8, 4) is 0 Å². The minimum Gasteiger partial charge on any atom is -0.392 e. The number of nitrogens with zero attached hydrogens (tertiary/aromatic N) is 1. The van der Waals surface area contributed by atoms with Gasteiger partial charge >= 0.3 is 0 Å². The zero-order valence-electron chi connectivity index (χ0n) is 13.1. The van der Waals surface area contributed by atoms with Crippen LogP contribution in [-0.2, 0) is 9.59 Å². The molecule has 1 saturated heterocycles. The molecular formula is C15H28N2O3. The third-order valence-corrected chi connectivity index (χ3v) is 3.80. The highest BCUT2D eigenvalue weighted by molar-refractivity contribution is 5.79. The van der Waals surface area contributed by atoms with E-state index in [-0.39, 0.29) is 36.1 Å². The molecule has 0 saturated carbocycles. The Bertz CT molecular complexity index is 342. The predicted molar refractivity (Wildman–Crippen MR) is 78.0 cm³/mol. The molecule has 1 aliphatic heterocycles. The first-order chi connectivity index (χ1) is 9.31. The van der Waals surface area contributed by atoms with Gasteiger partial charge in [0.25, 0.3) is 0 Å². The van der Waals surface area contributed by atoms with Crippen LogP contribution in [0.3, 0.4) is 0 Å². The third-order valence-electron chi connectivity index (χ3n) is 3.80. The van der Waals surface area contributed by atoms with Gasteiger partial charge in [0.2, 0.25) is 11.8 Å². The summed E-state index contributed by atoms with van der Waals surface area (Å²) in [6, 6.07) is 0.0405. The molecule has 0 spiro atoms. The molecule has 0 aromatic carbocycles. The quantitative estimate of drug-likeness (QED) is 0.796. The maximum Gasteiger partial charge on any atom is 0.225 e.